The lowest BCUT2D eigenvalue weighted by atomic mass is 10.0. The van der Waals surface area contributed by atoms with Gasteiger partial charge in [-0.1, -0.05) is 23.2 Å². The van der Waals surface area contributed by atoms with Crippen LogP contribution in [0.3, 0.4) is 0 Å². The number of alkyl halides is 3. The molecule has 1 aromatic heterocycles. The van der Waals surface area contributed by atoms with Crippen LogP contribution in [-0.2, 0) is 12.6 Å². The molecule has 0 spiro atoms. The first-order chi connectivity index (χ1) is 7.21. The lowest BCUT2D eigenvalue weighted by Crippen LogP contribution is -2.21. The first-order valence-corrected chi connectivity index (χ1v) is 5.15. The van der Waals surface area contributed by atoms with Crippen LogP contribution in [0.2, 0.25) is 10.3 Å². The van der Waals surface area contributed by atoms with Crippen molar-refractivity contribution in [2.45, 2.75) is 25.6 Å². The molecule has 0 aliphatic heterocycles. The minimum atomic E-state index is -4.51. The van der Waals surface area contributed by atoms with Crippen LogP contribution in [0, 0.1) is 0 Å². The molecule has 0 saturated carbocycles. The number of hydrogen-bond donors (Lipinski definition) is 1. The number of aromatic nitrogens is 1. The van der Waals surface area contributed by atoms with Crippen molar-refractivity contribution in [1.82, 2.24) is 4.98 Å². The zero-order valence-corrected chi connectivity index (χ0v) is 11.0. The molecule has 0 bridgehead atoms. The molecule has 98 valence electrons. The third-order valence-corrected chi connectivity index (χ3v) is 2.38. The van der Waals surface area contributed by atoms with Crippen LogP contribution in [0.25, 0.3) is 0 Å². The predicted octanol–water partition coefficient (Wildman–Crippen LogP) is 3.72. The molecular weight excluding hydrogens is 299 g/mol. The molecule has 17 heavy (non-hydrogen) atoms. The molecule has 0 aliphatic carbocycles. The Morgan fingerprint density at radius 2 is 1.94 bits per heavy atom. The van der Waals surface area contributed by atoms with Gasteiger partial charge in [0.15, 0.2) is 0 Å². The van der Waals surface area contributed by atoms with Gasteiger partial charge in [0.05, 0.1) is 5.56 Å². The maximum absolute atomic E-state index is 12.7. The summed E-state index contributed by atoms with van der Waals surface area (Å²) in [6, 6.07) is 0.312. The maximum atomic E-state index is 12.7. The number of nitrogens with zero attached hydrogens (tertiary/aromatic N) is 1. The fourth-order valence-electron chi connectivity index (χ4n) is 1.28. The molecule has 2 nitrogen and oxygen atoms in total. The van der Waals surface area contributed by atoms with Gasteiger partial charge in [-0.3, -0.25) is 0 Å². The molecule has 0 aliphatic rings. The second-order valence-corrected chi connectivity index (χ2v) is 4.19. The first-order valence-electron chi connectivity index (χ1n) is 4.39. The zero-order chi connectivity index (χ0) is 12.5. The van der Waals surface area contributed by atoms with E-state index in [0.717, 1.165) is 6.07 Å². The smallest absolute Gasteiger partial charge is 0.328 e. The van der Waals surface area contributed by atoms with E-state index in [9.17, 15) is 13.2 Å². The Hall–Kier alpha value is -0.230. The summed E-state index contributed by atoms with van der Waals surface area (Å²) in [4.78, 5) is 3.58. The first kappa shape index (κ1) is 16.8. The van der Waals surface area contributed by atoms with Crippen LogP contribution in [-0.4, -0.2) is 11.0 Å². The summed E-state index contributed by atoms with van der Waals surface area (Å²) in [5.41, 5.74) is 4.46. The summed E-state index contributed by atoms with van der Waals surface area (Å²) < 4.78 is 38.0. The molecule has 1 atom stereocenters. The van der Waals surface area contributed by atoms with Crippen molar-refractivity contribution in [3.05, 3.63) is 27.5 Å². The van der Waals surface area contributed by atoms with Crippen molar-refractivity contribution in [3.63, 3.8) is 0 Å². The molecule has 2 N–H and O–H groups in total. The highest BCUT2D eigenvalue weighted by molar-refractivity contribution is 6.33. The maximum Gasteiger partial charge on any atom is 0.416 e. The molecule has 0 aromatic carbocycles. The van der Waals surface area contributed by atoms with E-state index in [2.05, 4.69) is 4.98 Å². The van der Waals surface area contributed by atoms with Crippen molar-refractivity contribution in [2.24, 2.45) is 5.73 Å². The normalized spacial score (nSPS) is 13.1. The highest BCUT2D eigenvalue weighted by Gasteiger charge is 2.35. The van der Waals surface area contributed by atoms with Crippen molar-refractivity contribution < 1.29 is 13.2 Å². The third kappa shape index (κ3) is 4.50. The summed E-state index contributed by atoms with van der Waals surface area (Å²) >= 11 is 11.1. The molecule has 1 heterocycles. The van der Waals surface area contributed by atoms with Gasteiger partial charge in [-0.2, -0.15) is 13.2 Å². The molecule has 0 radical (unpaired) electrons. The van der Waals surface area contributed by atoms with E-state index in [-0.39, 0.29) is 34.7 Å². The van der Waals surface area contributed by atoms with Crippen LogP contribution in [0.1, 0.15) is 18.1 Å². The van der Waals surface area contributed by atoms with E-state index in [0.29, 0.717) is 0 Å². The number of pyridine rings is 1. The Kier molecular flexibility index (Phi) is 6.01. The van der Waals surface area contributed by atoms with Gasteiger partial charge in [-0.15, -0.1) is 12.4 Å². The van der Waals surface area contributed by atoms with E-state index in [1.807, 2.05) is 0 Å². The van der Waals surface area contributed by atoms with E-state index < -0.39 is 17.8 Å². The standard InChI is InChI=1S/C9H9Cl2F3N2.ClH/c1-4(15)2-5-6(9(12,13)14)3-7(10)16-8(5)11;/h3-4H,2,15H2,1H3;1H. The largest absolute Gasteiger partial charge is 0.416 e. The van der Waals surface area contributed by atoms with Crippen LogP contribution in [0.5, 0.6) is 0 Å². The predicted molar refractivity (Wildman–Crippen MR) is 63.9 cm³/mol. The molecule has 1 rings (SSSR count). The fraction of sp³-hybridized carbons (Fsp3) is 0.444. The van der Waals surface area contributed by atoms with Gasteiger partial charge in [-0.05, 0) is 19.4 Å². The molecule has 1 unspecified atom stereocenters. The number of halogens is 6. The molecule has 0 fully saturated rings. The Morgan fingerprint density at radius 3 is 2.35 bits per heavy atom. The van der Waals surface area contributed by atoms with E-state index in [1.165, 1.54) is 0 Å². The lowest BCUT2D eigenvalue weighted by Gasteiger charge is -2.15. The van der Waals surface area contributed by atoms with Gasteiger partial charge in [0.25, 0.3) is 0 Å². The fourth-order valence-corrected chi connectivity index (χ4v) is 1.79. The summed E-state index contributed by atoms with van der Waals surface area (Å²) in [6.45, 7) is 1.59. The Bertz CT molecular complexity index is 394. The minimum absolute atomic E-state index is 0. The van der Waals surface area contributed by atoms with E-state index >= 15 is 0 Å². The summed E-state index contributed by atoms with van der Waals surface area (Å²) in [5, 5.41) is -0.539. The number of rotatable bonds is 2. The Balaban J connectivity index is 0.00000256. The van der Waals surface area contributed by atoms with Crippen LogP contribution < -0.4 is 5.73 Å². The summed E-state index contributed by atoms with van der Waals surface area (Å²) in [5.74, 6) is 0. The van der Waals surface area contributed by atoms with E-state index in [4.69, 9.17) is 28.9 Å². The van der Waals surface area contributed by atoms with Gasteiger partial charge in [0.2, 0.25) is 0 Å². The molecular formula is C9H10Cl3F3N2. The highest BCUT2D eigenvalue weighted by atomic mass is 35.5. The van der Waals surface area contributed by atoms with Gasteiger partial charge < -0.3 is 5.73 Å². The Labute approximate surface area is 113 Å². The van der Waals surface area contributed by atoms with Crippen molar-refractivity contribution in [1.29, 1.82) is 0 Å². The third-order valence-electron chi connectivity index (χ3n) is 1.87. The number of nitrogens with two attached hydrogens (primary N) is 1. The quantitative estimate of drug-likeness (QED) is 0.846. The van der Waals surface area contributed by atoms with Crippen LogP contribution in [0.4, 0.5) is 13.2 Å². The zero-order valence-electron chi connectivity index (χ0n) is 8.68. The summed E-state index contributed by atoms with van der Waals surface area (Å²) in [6.07, 6.45) is -4.52. The topological polar surface area (TPSA) is 38.9 Å². The molecule has 0 amide bonds. The average molecular weight is 310 g/mol. The molecule has 1 aromatic rings. The van der Waals surface area contributed by atoms with Gasteiger partial charge in [0.1, 0.15) is 10.3 Å². The van der Waals surface area contributed by atoms with Gasteiger partial charge in [0, 0.05) is 11.6 Å². The van der Waals surface area contributed by atoms with Crippen molar-refractivity contribution >= 4 is 35.6 Å². The minimum Gasteiger partial charge on any atom is -0.328 e. The monoisotopic (exact) mass is 308 g/mol. The molecule has 8 heteroatoms. The SMILES string of the molecule is CC(N)Cc1c(C(F)(F)F)cc(Cl)nc1Cl.Cl. The second-order valence-electron chi connectivity index (χ2n) is 3.44. The summed E-state index contributed by atoms with van der Waals surface area (Å²) in [7, 11) is 0. The Morgan fingerprint density at radius 1 is 1.41 bits per heavy atom. The lowest BCUT2D eigenvalue weighted by molar-refractivity contribution is -0.138. The highest BCUT2D eigenvalue weighted by Crippen LogP contribution is 2.36. The van der Waals surface area contributed by atoms with E-state index in [1.54, 1.807) is 6.92 Å². The molecule has 0 saturated heterocycles. The second kappa shape index (κ2) is 6.09. The van der Waals surface area contributed by atoms with Crippen molar-refractivity contribution in [3.8, 4) is 0 Å². The number of hydrogen-bond acceptors (Lipinski definition) is 2. The average Bonchev–Trinajstić information content (AvgIpc) is 2.06. The van der Waals surface area contributed by atoms with Gasteiger partial charge >= 0.3 is 6.18 Å². The van der Waals surface area contributed by atoms with Crippen LogP contribution >= 0.6 is 35.6 Å². The van der Waals surface area contributed by atoms with Crippen molar-refractivity contribution in [2.75, 3.05) is 0 Å². The van der Waals surface area contributed by atoms with Crippen LogP contribution in [0.15, 0.2) is 6.07 Å². The van der Waals surface area contributed by atoms with Gasteiger partial charge in [-0.25, -0.2) is 4.98 Å².